The number of fused-ring (bicyclic) bond motifs is 1. The highest BCUT2D eigenvalue weighted by Gasteiger charge is 2.41. The topological polar surface area (TPSA) is 33.3 Å². The molecule has 1 heterocycles. The molecule has 2 aliphatic rings. The number of hydrogen-bond acceptors (Lipinski definition) is 3. The summed E-state index contributed by atoms with van der Waals surface area (Å²) >= 11 is 0. The molecule has 0 aromatic heterocycles. The molecule has 0 unspecified atom stereocenters. The van der Waals surface area contributed by atoms with Crippen LogP contribution in [0.5, 0.6) is 5.75 Å². The minimum absolute atomic E-state index is 0.501. The molecule has 2 N–H and O–H groups in total. The van der Waals surface area contributed by atoms with Gasteiger partial charge in [-0.2, -0.15) is 0 Å². The molecule has 1 fully saturated rings. The van der Waals surface area contributed by atoms with Gasteiger partial charge in [0, 0.05) is 24.2 Å². The molecule has 0 radical (unpaired) electrons. The summed E-state index contributed by atoms with van der Waals surface area (Å²) in [6, 6.07) is 6.50. The Morgan fingerprint density at radius 2 is 2.17 bits per heavy atom. The number of benzene rings is 1. The summed E-state index contributed by atoms with van der Waals surface area (Å²) in [4.78, 5) is 0. The quantitative estimate of drug-likeness (QED) is 0.837. The van der Waals surface area contributed by atoms with E-state index in [9.17, 15) is 0 Å². The van der Waals surface area contributed by atoms with E-state index >= 15 is 0 Å². The summed E-state index contributed by atoms with van der Waals surface area (Å²) in [7, 11) is 2.04. The lowest BCUT2D eigenvalue weighted by molar-refractivity contribution is 0.288. The fourth-order valence-electron chi connectivity index (χ4n) is 2.73. The molecule has 1 aromatic rings. The first-order valence-electron chi connectivity index (χ1n) is 6.96. The van der Waals surface area contributed by atoms with Crippen molar-refractivity contribution in [3.8, 4) is 5.75 Å². The Balaban J connectivity index is 1.63. The number of hydrogen-bond donors (Lipinski definition) is 2. The van der Waals surface area contributed by atoms with E-state index in [1.54, 1.807) is 0 Å². The Morgan fingerprint density at radius 3 is 2.94 bits per heavy atom. The van der Waals surface area contributed by atoms with Crippen molar-refractivity contribution >= 4 is 5.69 Å². The van der Waals surface area contributed by atoms with Crippen LogP contribution in [0.4, 0.5) is 5.69 Å². The smallest absolute Gasteiger partial charge is 0.122 e. The molecule has 1 saturated carbocycles. The minimum atomic E-state index is 0.501. The summed E-state index contributed by atoms with van der Waals surface area (Å²) in [5, 5.41) is 6.88. The van der Waals surface area contributed by atoms with Gasteiger partial charge < -0.3 is 15.4 Å². The second-order valence-corrected chi connectivity index (χ2v) is 5.66. The summed E-state index contributed by atoms with van der Waals surface area (Å²) in [6.45, 7) is 3.06. The van der Waals surface area contributed by atoms with Crippen LogP contribution in [0.3, 0.4) is 0 Å². The Bertz CT molecular complexity index is 427. The normalized spacial score (nSPS) is 19.8. The van der Waals surface area contributed by atoms with Crippen molar-refractivity contribution in [2.24, 2.45) is 5.41 Å². The molecule has 3 rings (SSSR count). The highest BCUT2D eigenvalue weighted by molar-refractivity contribution is 5.52. The van der Waals surface area contributed by atoms with Crippen LogP contribution in [-0.2, 0) is 6.42 Å². The Labute approximate surface area is 109 Å². The summed E-state index contributed by atoms with van der Waals surface area (Å²) in [6.07, 6.45) is 4.97. The van der Waals surface area contributed by atoms with Crippen molar-refractivity contribution < 1.29 is 4.74 Å². The maximum Gasteiger partial charge on any atom is 0.122 e. The molecule has 0 atom stereocenters. The molecule has 0 bridgehead atoms. The van der Waals surface area contributed by atoms with Gasteiger partial charge in [0.15, 0.2) is 0 Å². The predicted molar refractivity (Wildman–Crippen MR) is 74.3 cm³/mol. The van der Waals surface area contributed by atoms with E-state index in [4.69, 9.17) is 4.74 Å². The molecule has 98 valence electrons. The van der Waals surface area contributed by atoms with Gasteiger partial charge >= 0.3 is 0 Å². The molecular formula is C15H22N2O. The maximum atomic E-state index is 5.64. The standard InChI is InChI=1S/C15H22N2O/c1-16-10-15(6-7-15)11-17-13-4-5-14-12(9-13)3-2-8-18-14/h4-5,9,16-17H,2-3,6-8,10-11H2,1H3. The lowest BCUT2D eigenvalue weighted by Gasteiger charge is -2.20. The van der Waals surface area contributed by atoms with E-state index in [0.29, 0.717) is 5.41 Å². The largest absolute Gasteiger partial charge is 0.493 e. The van der Waals surface area contributed by atoms with Crippen LogP contribution in [0.15, 0.2) is 18.2 Å². The first-order valence-corrected chi connectivity index (χ1v) is 6.96. The van der Waals surface area contributed by atoms with Crippen LogP contribution in [0, 0.1) is 5.41 Å². The number of aryl methyl sites for hydroxylation is 1. The fraction of sp³-hybridized carbons (Fsp3) is 0.600. The molecule has 0 amide bonds. The van der Waals surface area contributed by atoms with E-state index in [-0.39, 0.29) is 0 Å². The van der Waals surface area contributed by atoms with Crippen molar-refractivity contribution in [3.05, 3.63) is 23.8 Å². The van der Waals surface area contributed by atoms with E-state index in [0.717, 1.165) is 38.3 Å². The van der Waals surface area contributed by atoms with Crippen molar-refractivity contribution in [2.75, 3.05) is 32.1 Å². The number of rotatable bonds is 5. The van der Waals surface area contributed by atoms with Gasteiger partial charge in [-0.15, -0.1) is 0 Å². The molecule has 3 nitrogen and oxygen atoms in total. The Hall–Kier alpha value is -1.22. The molecule has 3 heteroatoms. The van der Waals surface area contributed by atoms with Crippen molar-refractivity contribution in [1.29, 1.82) is 0 Å². The van der Waals surface area contributed by atoms with Crippen LogP contribution in [0.25, 0.3) is 0 Å². The van der Waals surface area contributed by atoms with Gasteiger partial charge in [0.2, 0.25) is 0 Å². The predicted octanol–water partition coefficient (Wildman–Crippen LogP) is 2.42. The number of anilines is 1. The van der Waals surface area contributed by atoms with Crippen molar-refractivity contribution in [1.82, 2.24) is 5.32 Å². The Kier molecular flexibility index (Phi) is 3.16. The van der Waals surface area contributed by atoms with Crippen LogP contribution in [-0.4, -0.2) is 26.7 Å². The molecule has 18 heavy (non-hydrogen) atoms. The highest BCUT2D eigenvalue weighted by Crippen LogP contribution is 2.45. The third-order valence-electron chi connectivity index (χ3n) is 4.08. The van der Waals surface area contributed by atoms with E-state index in [2.05, 4.69) is 28.8 Å². The van der Waals surface area contributed by atoms with E-state index < -0.39 is 0 Å². The van der Waals surface area contributed by atoms with Gasteiger partial charge in [-0.25, -0.2) is 0 Å². The summed E-state index contributed by atoms with van der Waals surface area (Å²) in [5.74, 6) is 1.07. The Morgan fingerprint density at radius 1 is 1.28 bits per heavy atom. The SMILES string of the molecule is CNCC1(CNc2ccc3c(c2)CCCO3)CC1. The average Bonchev–Trinajstić information content (AvgIpc) is 3.17. The summed E-state index contributed by atoms with van der Waals surface area (Å²) in [5.41, 5.74) is 3.09. The highest BCUT2D eigenvalue weighted by atomic mass is 16.5. The van der Waals surface area contributed by atoms with Gasteiger partial charge in [-0.1, -0.05) is 0 Å². The maximum absolute atomic E-state index is 5.64. The first kappa shape index (κ1) is 11.8. The molecule has 0 saturated heterocycles. The zero-order valence-electron chi connectivity index (χ0n) is 11.1. The third-order valence-corrected chi connectivity index (χ3v) is 4.08. The van der Waals surface area contributed by atoms with Crippen molar-refractivity contribution in [3.63, 3.8) is 0 Å². The number of ether oxygens (including phenoxy) is 1. The molecule has 0 spiro atoms. The summed E-state index contributed by atoms with van der Waals surface area (Å²) < 4.78 is 5.64. The van der Waals surface area contributed by atoms with Gasteiger partial charge in [-0.3, -0.25) is 0 Å². The minimum Gasteiger partial charge on any atom is -0.493 e. The first-order chi connectivity index (χ1) is 8.81. The van der Waals surface area contributed by atoms with Crippen LogP contribution < -0.4 is 15.4 Å². The van der Waals surface area contributed by atoms with Gasteiger partial charge in [0.1, 0.15) is 5.75 Å². The fourth-order valence-corrected chi connectivity index (χ4v) is 2.73. The third kappa shape index (κ3) is 2.46. The average molecular weight is 246 g/mol. The van der Waals surface area contributed by atoms with Gasteiger partial charge in [-0.05, 0) is 56.5 Å². The second kappa shape index (κ2) is 4.81. The molecule has 1 aromatic carbocycles. The lowest BCUT2D eigenvalue weighted by Crippen LogP contribution is -2.26. The monoisotopic (exact) mass is 246 g/mol. The van der Waals surface area contributed by atoms with E-state index in [1.165, 1.54) is 24.1 Å². The van der Waals surface area contributed by atoms with Gasteiger partial charge in [0.25, 0.3) is 0 Å². The molecular weight excluding hydrogens is 224 g/mol. The van der Waals surface area contributed by atoms with Crippen LogP contribution in [0.1, 0.15) is 24.8 Å². The molecule has 1 aliphatic heterocycles. The van der Waals surface area contributed by atoms with Gasteiger partial charge in [0.05, 0.1) is 6.61 Å². The van der Waals surface area contributed by atoms with Crippen molar-refractivity contribution in [2.45, 2.75) is 25.7 Å². The second-order valence-electron chi connectivity index (χ2n) is 5.66. The van der Waals surface area contributed by atoms with Crippen LogP contribution in [0.2, 0.25) is 0 Å². The lowest BCUT2D eigenvalue weighted by atomic mass is 10.0. The van der Waals surface area contributed by atoms with E-state index in [1.807, 2.05) is 7.05 Å². The molecule has 1 aliphatic carbocycles. The zero-order valence-corrected chi connectivity index (χ0v) is 11.1. The zero-order chi connectivity index (χ0) is 12.4. The number of nitrogens with one attached hydrogen (secondary N) is 2. The van der Waals surface area contributed by atoms with Crippen LogP contribution >= 0.6 is 0 Å².